The molecular formula is C18H17N5O3. The highest BCUT2D eigenvalue weighted by Gasteiger charge is 2.09. The SMILES string of the molecule is CC(=O)Nc1cccc(Nc2ccc(C(=O)Nc3cc(C)on3)cn2)c1. The van der Waals surface area contributed by atoms with Gasteiger partial charge in [-0.2, -0.15) is 0 Å². The number of nitrogens with one attached hydrogen (secondary N) is 3. The van der Waals surface area contributed by atoms with Gasteiger partial charge < -0.3 is 20.5 Å². The largest absolute Gasteiger partial charge is 0.360 e. The summed E-state index contributed by atoms with van der Waals surface area (Å²) in [6, 6.07) is 12.2. The summed E-state index contributed by atoms with van der Waals surface area (Å²) >= 11 is 0. The van der Waals surface area contributed by atoms with Crippen LogP contribution in [0.3, 0.4) is 0 Å². The maximum absolute atomic E-state index is 12.1. The summed E-state index contributed by atoms with van der Waals surface area (Å²) in [5.74, 6) is 1.06. The standard InChI is InChI=1S/C18H17N5O3/c1-11-8-17(23-26-11)22-18(25)13-6-7-16(19-10-13)21-15-5-3-4-14(9-15)20-12(2)24/h3-10H,1-2H3,(H,19,21)(H,20,24)(H,22,23,25). The summed E-state index contributed by atoms with van der Waals surface area (Å²) in [5, 5.41) is 12.2. The second-order valence-corrected chi connectivity index (χ2v) is 5.60. The first-order valence-corrected chi connectivity index (χ1v) is 7.85. The van der Waals surface area contributed by atoms with E-state index in [4.69, 9.17) is 4.52 Å². The number of aryl methyl sites for hydroxylation is 1. The van der Waals surface area contributed by atoms with E-state index in [0.29, 0.717) is 28.6 Å². The Hall–Kier alpha value is -3.68. The molecular weight excluding hydrogens is 334 g/mol. The predicted octanol–water partition coefficient (Wildman–Crippen LogP) is 3.33. The van der Waals surface area contributed by atoms with E-state index in [1.165, 1.54) is 13.1 Å². The molecule has 132 valence electrons. The number of hydrogen-bond acceptors (Lipinski definition) is 6. The number of benzene rings is 1. The van der Waals surface area contributed by atoms with Gasteiger partial charge in [-0.25, -0.2) is 4.98 Å². The quantitative estimate of drug-likeness (QED) is 0.650. The van der Waals surface area contributed by atoms with Crippen molar-refractivity contribution >= 4 is 34.8 Å². The van der Waals surface area contributed by atoms with Crippen molar-refractivity contribution in [3.63, 3.8) is 0 Å². The summed E-state index contributed by atoms with van der Waals surface area (Å²) in [6.07, 6.45) is 1.46. The van der Waals surface area contributed by atoms with Crippen molar-refractivity contribution in [2.24, 2.45) is 0 Å². The van der Waals surface area contributed by atoms with Gasteiger partial charge in [-0.3, -0.25) is 9.59 Å². The maximum Gasteiger partial charge on any atom is 0.258 e. The van der Waals surface area contributed by atoms with Crippen LogP contribution in [0.15, 0.2) is 53.2 Å². The molecule has 0 saturated carbocycles. The minimum atomic E-state index is -0.329. The summed E-state index contributed by atoms with van der Waals surface area (Å²) in [6.45, 7) is 3.19. The molecule has 8 heteroatoms. The number of amides is 2. The van der Waals surface area contributed by atoms with Gasteiger partial charge in [0, 0.05) is 30.6 Å². The summed E-state index contributed by atoms with van der Waals surface area (Å²) < 4.78 is 4.90. The van der Waals surface area contributed by atoms with Crippen molar-refractivity contribution < 1.29 is 14.1 Å². The van der Waals surface area contributed by atoms with E-state index in [2.05, 4.69) is 26.1 Å². The fourth-order valence-electron chi connectivity index (χ4n) is 2.24. The highest BCUT2D eigenvalue weighted by atomic mass is 16.5. The van der Waals surface area contributed by atoms with E-state index in [9.17, 15) is 9.59 Å². The number of rotatable bonds is 5. The highest BCUT2D eigenvalue weighted by Crippen LogP contribution is 2.19. The van der Waals surface area contributed by atoms with Crippen molar-refractivity contribution in [2.75, 3.05) is 16.0 Å². The monoisotopic (exact) mass is 351 g/mol. The fraction of sp³-hybridized carbons (Fsp3) is 0.111. The van der Waals surface area contributed by atoms with Crippen LogP contribution in [0.4, 0.5) is 23.0 Å². The lowest BCUT2D eigenvalue weighted by atomic mass is 10.2. The van der Waals surface area contributed by atoms with Gasteiger partial charge in [0.25, 0.3) is 5.91 Å². The van der Waals surface area contributed by atoms with Crippen molar-refractivity contribution in [3.05, 3.63) is 60.0 Å². The van der Waals surface area contributed by atoms with Crippen LogP contribution < -0.4 is 16.0 Å². The van der Waals surface area contributed by atoms with Gasteiger partial charge in [-0.15, -0.1) is 0 Å². The van der Waals surface area contributed by atoms with Crippen LogP contribution >= 0.6 is 0 Å². The molecule has 0 saturated heterocycles. The zero-order chi connectivity index (χ0) is 18.5. The number of carbonyl (C=O) groups is 2. The van der Waals surface area contributed by atoms with Gasteiger partial charge in [0.05, 0.1) is 5.56 Å². The minimum absolute atomic E-state index is 0.141. The lowest BCUT2D eigenvalue weighted by Crippen LogP contribution is -2.12. The van der Waals surface area contributed by atoms with Crippen LogP contribution in [-0.4, -0.2) is 22.0 Å². The smallest absolute Gasteiger partial charge is 0.258 e. The van der Waals surface area contributed by atoms with Crippen molar-refractivity contribution in [2.45, 2.75) is 13.8 Å². The van der Waals surface area contributed by atoms with E-state index in [1.807, 2.05) is 12.1 Å². The zero-order valence-corrected chi connectivity index (χ0v) is 14.2. The Kier molecular flexibility index (Phi) is 4.93. The van der Waals surface area contributed by atoms with E-state index in [1.54, 1.807) is 37.3 Å². The number of anilines is 4. The fourth-order valence-corrected chi connectivity index (χ4v) is 2.24. The van der Waals surface area contributed by atoms with E-state index < -0.39 is 0 Å². The molecule has 0 unspecified atom stereocenters. The molecule has 0 fully saturated rings. The second kappa shape index (κ2) is 7.47. The number of nitrogens with zero attached hydrogens (tertiary/aromatic N) is 2. The average molecular weight is 351 g/mol. The average Bonchev–Trinajstić information content (AvgIpc) is 3.00. The first kappa shape index (κ1) is 17.2. The number of aromatic nitrogens is 2. The molecule has 0 atom stereocenters. The molecule has 0 bridgehead atoms. The molecule has 3 aromatic rings. The third-order valence-electron chi connectivity index (χ3n) is 3.35. The van der Waals surface area contributed by atoms with Gasteiger partial charge in [0.2, 0.25) is 5.91 Å². The molecule has 3 rings (SSSR count). The van der Waals surface area contributed by atoms with Crippen LogP contribution in [0.5, 0.6) is 0 Å². The normalized spacial score (nSPS) is 10.2. The van der Waals surface area contributed by atoms with Crippen molar-refractivity contribution in [1.29, 1.82) is 0 Å². The topological polar surface area (TPSA) is 109 Å². The molecule has 2 aromatic heterocycles. The molecule has 2 amide bonds. The number of hydrogen-bond donors (Lipinski definition) is 3. The van der Waals surface area contributed by atoms with Gasteiger partial charge in [0.15, 0.2) is 5.82 Å². The lowest BCUT2D eigenvalue weighted by molar-refractivity contribution is -0.114. The molecule has 0 aliphatic carbocycles. The van der Waals surface area contributed by atoms with Crippen LogP contribution in [0.1, 0.15) is 23.0 Å². The van der Waals surface area contributed by atoms with Gasteiger partial charge in [-0.05, 0) is 37.3 Å². The van der Waals surface area contributed by atoms with Crippen LogP contribution in [-0.2, 0) is 4.79 Å². The zero-order valence-electron chi connectivity index (χ0n) is 14.2. The Labute approximate surface area is 149 Å². The van der Waals surface area contributed by atoms with E-state index in [-0.39, 0.29) is 11.8 Å². The van der Waals surface area contributed by atoms with E-state index >= 15 is 0 Å². The molecule has 26 heavy (non-hydrogen) atoms. The van der Waals surface area contributed by atoms with Gasteiger partial charge in [0.1, 0.15) is 11.6 Å². The van der Waals surface area contributed by atoms with Crippen molar-refractivity contribution in [3.8, 4) is 0 Å². The summed E-state index contributed by atoms with van der Waals surface area (Å²) in [7, 11) is 0. The second-order valence-electron chi connectivity index (χ2n) is 5.60. The summed E-state index contributed by atoms with van der Waals surface area (Å²) in [4.78, 5) is 27.5. The molecule has 2 heterocycles. The Morgan fingerprint density at radius 3 is 2.46 bits per heavy atom. The van der Waals surface area contributed by atoms with Gasteiger partial charge >= 0.3 is 0 Å². The molecule has 1 aromatic carbocycles. The Morgan fingerprint density at radius 1 is 1.00 bits per heavy atom. The molecule has 3 N–H and O–H groups in total. The van der Waals surface area contributed by atoms with Crippen LogP contribution in [0.25, 0.3) is 0 Å². The van der Waals surface area contributed by atoms with Crippen molar-refractivity contribution in [1.82, 2.24) is 10.1 Å². The first-order valence-electron chi connectivity index (χ1n) is 7.85. The third-order valence-corrected chi connectivity index (χ3v) is 3.35. The Morgan fingerprint density at radius 2 is 1.81 bits per heavy atom. The predicted molar refractivity (Wildman–Crippen MR) is 97.5 cm³/mol. The molecule has 0 spiro atoms. The number of pyridine rings is 1. The molecule has 8 nitrogen and oxygen atoms in total. The minimum Gasteiger partial charge on any atom is -0.360 e. The number of carbonyl (C=O) groups excluding carboxylic acids is 2. The Bertz CT molecular complexity index is 934. The van der Waals surface area contributed by atoms with Gasteiger partial charge in [-0.1, -0.05) is 11.2 Å². The van der Waals surface area contributed by atoms with Crippen LogP contribution in [0, 0.1) is 6.92 Å². The summed E-state index contributed by atoms with van der Waals surface area (Å²) in [5.41, 5.74) is 1.84. The van der Waals surface area contributed by atoms with Crippen LogP contribution in [0.2, 0.25) is 0 Å². The molecule has 0 aliphatic heterocycles. The highest BCUT2D eigenvalue weighted by molar-refractivity contribution is 6.03. The van der Waals surface area contributed by atoms with E-state index in [0.717, 1.165) is 5.69 Å². The Balaban J connectivity index is 1.66. The molecule has 0 radical (unpaired) electrons. The third kappa shape index (κ3) is 4.44. The first-order chi connectivity index (χ1) is 12.5. The maximum atomic E-state index is 12.1. The lowest BCUT2D eigenvalue weighted by Gasteiger charge is -2.08. The molecule has 0 aliphatic rings.